The summed E-state index contributed by atoms with van der Waals surface area (Å²) in [6.45, 7) is 0. The quantitative estimate of drug-likeness (QED) is 0.204. The molecule has 2 aromatic heterocycles. The molecule has 2 heterocycles. The van der Waals surface area contributed by atoms with E-state index in [-0.39, 0.29) is 0 Å². The van der Waals surface area contributed by atoms with Crippen molar-refractivity contribution in [2.24, 2.45) is 0 Å². The van der Waals surface area contributed by atoms with Gasteiger partial charge in [-0.25, -0.2) is 0 Å². The van der Waals surface area contributed by atoms with E-state index < -0.39 is 0 Å². The summed E-state index contributed by atoms with van der Waals surface area (Å²) in [4.78, 5) is 2.35. The molecule has 212 valence electrons. The Balaban J connectivity index is 1.26. The third-order valence-electron chi connectivity index (χ3n) is 8.67. The minimum atomic E-state index is 0.859. The standard InChI is InChI=1S/C42H27NO2/c1-2-11-28(12-3-1)30-13-8-14-31(27-30)29-23-25-32(26-24-29)43(35-17-9-21-39-41(35)33-15-4-6-19-37(33)44-39)36-18-10-22-40-42(36)34-16-5-7-20-38(34)45-40/h1-27H. The number of fused-ring (bicyclic) bond motifs is 6. The van der Waals surface area contributed by atoms with Crippen LogP contribution in [0, 0.1) is 0 Å². The molecule has 0 spiro atoms. The Bertz CT molecular complexity index is 2370. The zero-order valence-electron chi connectivity index (χ0n) is 24.4. The number of rotatable bonds is 5. The molecule has 9 rings (SSSR count). The van der Waals surface area contributed by atoms with E-state index in [0.29, 0.717) is 0 Å². The van der Waals surface area contributed by atoms with Crippen LogP contribution >= 0.6 is 0 Å². The molecule has 3 heteroatoms. The lowest BCUT2D eigenvalue weighted by atomic mass is 9.98. The summed E-state index contributed by atoms with van der Waals surface area (Å²) in [7, 11) is 0. The van der Waals surface area contributed by atoms with Gasteiger partial charge in [0.15, 0.2) is 0 Å². The van der Waals surface area contributed by atoms with E-state index >= 15 is 0 Å². The third kappa shape index (κ3) is 4.21. The molecule has 9 aromatic rings. The van der Waals surface area contributed by atoms with Crippen LogP contribution in [-0.4, -0.2) is 0 Å². The normalized spacial score (nSPS) is 11.6. The molecule has 0 atom stereocenters. The van der Waals surface area contributed by atoms with E-state index in [9.17, 15) is 0 Å². The number of hydrogen-bond acceptors (Lipinski definition) is 3. The Morgan fingerprint density at radius 3 is 1.36 bits per heavy atom. The second-order valence-corrected chi connectivity index (χ2v) is 11.3. The first-order valence-corrected chi connectivity index (χ1v) is 15.2. The molecule has 45 heavy (non-hydrogen) atoms. The van der Waals surface area contributed by atoms with Gasteiger partial charge < -0.3 is 13.7 Å². The summed E-state index contributed by atoms with van der Waals surface area (Å²) in [5, 5.41) is 4.34. The largest absolute Gasteiger partial charge is 0.456 e. The highest BCUT2D eigenvalue weighted by molar-refractivity contribution is 6.17. The van der Waals surface area contributed by atoms with Crippen LogP contribution in [0.3, 0.4) is 0 Å². The van der Waals surface area contributed by atoms with E-state index in [1.54, 1.807) is 0 Å². The lowest BCUT2D eigenvalue weighted by Gasteiger charge is -2.27. The van der Waals surface area contributed by atoms with E-state index in [4.69, 9.17) is 8.83 Å². The van der Waals surface area contributed by atoms with Crippen LogP contribution in [0.15, 0.2) is 173 Å². The lowest BCUT2D eigenvalue weighted by molar-refractivity contribution is 0.668. The van der Waals surface area contributed by atoms with Gasteiger partial charge in [0.2, 0.25) is 0 Å². The fourth-order valence-electron chi connectivity index (χ4n) is 6.60. The van der Waals surface area contributed by atoms with E-state index in [1.807, 2.05) is 36.4 Å². The smallest absolute Gasteiger partial charge is 0.137 e. The van der Waals surface area contributed by atoms with Gasteiger partial charge in [-0.15, -0.1) is 0 Å². The molecule has 0 fully saturated rings. The summed E-state index contributed by atoms with van der Waals surface area (Å²) in [6.07, 6.45) is 0. The first kappa shape index (κ1) is 25.4. The van der Waals surface area contributed by atoms with Crippen LogP contribution < -0.4 is 4.90 Å². The van der Waals surface area contributed by atoms with Gasteiger partial charge in [0, 0.05) is 16.5 Å². The molecule has 0 saturated heterocycles. The van der Waals surface area contributed by atoms with Gasteiger partial charge >= 0.3 is 0 Å². The van der Waals surface area contributed by atoms with Gasteiger partial charge in [0.05, 0.1) is 22.1 Å². The van der Waals surface area contributed by atoms with Crippen LogP contribution in [0.1, 0.15) is 0 Å². The number of anilines is 3. The molecule has 0 bridgehead atoms. The fraction of sp³-hybridized carbons (Fsp3) is 0. The molecular formula is C42H27NO2. The van der Waals surface area contributed by atoms with E-state index in [1.165, 1.54) is 16.7 Å². The number of benzene rings is 7. The predicted octanol–water partition coefficient (Wildman–Crippen LogP) is 12.3. The van der Waals surface area contributed by atoms with Gasteiger partial charge in [-0.1, -0.05) is 109 Å². The van der Waals surface area contributed by atoms with Gasteiger partial charge in [-0.05, 0) is 76.9 Å². The van der Waals surface area contributed by atoms with Crippen molar-refractivity contribution in [2.75, 3.05) is 4.90 Å². The molecule has 0 unspecified atom stereocenters. The molecule has 7 aromatic carbocycles. The monoisotopic (exact) mass is 577 g/mol. The van der Waals surface area contributed by atoms with Crippen molar-refractivity contribution in [1.29, 1.82) is 0 Å². The summed E-state index contributed by atoms with van der Waals surface area (Å²) in [5.74, 6) is 0. The second kappa shape index (κ2) is 10.3. The number of hydrogen-bond donors (Lipinski definition) is 0. The molecule has 0 amide bonds. The summed E-state index contributed by atoms with van der Waals surface area (Å²) in [6, 6.07) is 57.3. The van der Waals surface area contributed by atoms with Gasteiger partial charge in [-0.2, -0.15) is 0 Å². The van der Waals surface area contributed by atoms with Crippen molar-refractivity contribution >= 4 is 60.9 Å². The average molecular weight is 578 g/mol. The van der Waals surface area contributed by atoms with Crippen molar-refractivity contribution in [2.45, 2.75) is 0 Å². The Morgan fingerprint density at radius 2 is 0.778 bits per heavy atom. The molecule has 0 N–H and O–H groups in total. The predicted molar refractivity (Wildman–Crippen MR) is 187 cm³/mol. The van der Waals surface area contributed by atoms with E-state index in [2.05, 4.69) is 132 Å². The molecule has 0 saturated carbocycles. The van der Waals surface area contributed by atoms with Crippen LogP contribution in [0.2, 0.25) is 0 Å². The number of nitrogens with zero attached hydrogens (tertiary/aromatic N) is 1. The summed E-state index contributed by atoms with van der Waals surface area (Å²) < 4.78 is 12.7. The molecule has 0 aliphatic heterocycles. The zero-order valence-corrected chi connectivity index (χ0v) is 24.4. The SMILES string of the molecule is c1ccc(-c2cccc(-c3ccc(N(c4cccc5oc6ccccc6c45)c4cccc5oc6ccccc6c45)cc3)c2)cc1. The topological polar surface area (TPSA) is 29.5 Å². The minimum Gasteiger partial charge on any atom is -0.456 e. The number of para-hydroxylation sites is 2. The van der Waals surface area contributed by atoms with Crippen LogP contribution in [0.5, 0.6) is 0 Å². The Morgan fingerprint density at radius 1 is 0.333 bits per heavy atom. The molecular weight excluding hydrogens is 550 g/mol. The van der Waals surface area contributed by atoms with E-state index in [0.717, 1.165) is 66.5 Å². The molecule has 0 radical (unpaired) electrons. The first-order valence-electron chi connectivity index (χ1n) is 15.2. The maximum atomic E-state index is 6.34. The van der Waals surface area contributed by atoms with Crippen molar-refractivity contribution in [3.8, 4) is 22.3 Å². The summed E-state index contributed by atoms with van der Waals surface area (Å²) >= 11 is 0. The molecule has 3 nitrogen and oxygen atoms in total. The highest BCUT2D eigenvalue weighted by Crippen LogP contribution is 2.47. The minimum absolute atomic E-state index is 0.859. The fourth-order valence-corrected chi connectivity index (χ4v) is 6.60. The van der Waals surface area contributed by atoms with Crippen molar-refractivity contribution in [1.82, 2.24) is 0 Å². The summed E-state index contributed by atoms with van der Waals surface area (Å²) in [5.41, 5.74) is 11.4. The van der Waals surface area contributed by atoms with Gasteiger partial charge in [-0.3, -0.25) is 0 Å². The van der Waals surface area contributed by atoms with Crippen LogP contribution in [-0.2, 0) is 0 Å². The van der Waals surface area contributed by atoms with Crippen molar-refractivity contribution in [3.63, 3.8) is 0 Å². The highest BCUT2D eigenvalue weighted by Gasteiger charge is 2.23. The number of furan rings is 2. The maximum Gasteiger partial charge on any atom is 0.137 e. The Kier molecular flexibility index (Phi) is 5.82. The van der Waals surface area contributed by atoms with Gasteiger partial charge in [0.25, 0.3) is 0 Å². The second-order valence-electron chi connectivity index (χ2n) is 11.3. The Hall–Kier alpha value is -6.06. The van der Waals surface area contributed by atoms with Crippen molar-refractivity contribution in [3.05, 3.63) is 164 Å². The first-order chi connectivity index (χ1) is 22.3. The van der Waals surface area contributed by atoms with Crippen LogP contribution in [0.4, 0.5) is 17.1 Å². The van der Waals surface area contributed by atoms with Gasteiger partial charge in [0.1, 0.15) is 22.3 Å². The zero-order chi connectivity index (χ0) is 29.7. The average Bonchev–Trinajstić information content (AvgIpc) is 3.69. The lowest BCUT2D eigenvalue weighted by Crippen LogP contribution is -2.10. The molecule has 0 aliphatic carbocycles. The van der Waals surface area contributed by atoms with Crippen molar-refractivity contribution < 1.29 is 8.83 Å². The Labute approximate surface area is 260 Å². The maximum absolute atomic E-state index is 6.34. The van der Waals surface area contributed by atoms with Crippen LogP contribution in [0.25, 0.3) is 66.1 Å². The third-order valence-corrected chi connectivity index (χ3v) is 8.67. The highest BCUT2D eigenvalue weighted by atomic mass is 16.3. The molecule has 0 aliphatic rings.